The van der Waals surface area contributed by atoms with Gasteiger partial charge in [0.15, 0.2) is 0 Å². The molecule has 1 aromatic carbocycles. The van der Waals surface area contributed by atoms with Crippen molar-refractivity contribution >= 4 is 17.8 Å². The van der Waals surface area contributed by atoms with E-state index in [1.807, 2.05) is 0 Å². The monoisotopic (exact) mass is 248 g/mol. The second-order valence-electron chi connectivity index (χ2n) is 3.98. The van der Waals surface area contributed by atoms with Crippen molar-refractivity contribution in [3.05, 3.63) is 35.9 Å². The van der Waals surface area contributed by atoms with Crippen LogP contribution in [0.3, 0.4) is 0 Å². The van der Waals surface area contributed by atoms with E-state index in [2.05, 4.69) is 10.6 Å². The number of benzene rings is 1. The maximum atomic E-state index is 11.6. The number of likely N-dealkylation sites (N-methyl/N-ethyl adjacent to an activating group) is 1. The fraction of sp³-hybridized carbons (Fsp3) is 0.250. The molecule has 18 heavy (non-hydrogen) atoms. The van der Waals surface area contributed by atoms with Crippen LogP contribution in [-0.4, -0.2) is 43.3 Å². The minimum absolute atomic E-state index is 0.156. The maximum absolute atomic E-state index is 11.6. The van der Waals surface area contributed by atoms with E-state index in [1.165, 1.54) is 0 Å². The SMILES string of the molecule is CN(C)CC(=O)NC(=N)NC(=O)c1ccccc1. The zero-order valence-corrected chi connectivity index (χ0v) is 10.4. The molecule has 0 aromatic heterocycles. The first-order chi connectivity index (χ1) is 8.49. The molecule has 6 heteroatoms. The highest BCUT2D eigenvalue weighted by atomic mass is 16.2. The van der Waals surface area contributed by atoms with Crippen LogP contribution in [0.1, 0.15) is 10.4 Å². The van der Waals surface area contributed by atoms with Crippen molar-refractivity contribution in [2.45, 2.75) is 0 Å². The second-order valence-corrected chi connectivity index (χ2v) is 3.98. The van der Waals surface area contributed by atoms with Gasteiger partial charge >= 0.3 is 0 Å². The van der Waals surface area contributed by atoms with Crippen LogP contribution >= 0.6 is 0 Å². The molecule has 0 spiro atoms. The van der Waals surface area contributed by atoms with Gasteiger partial charge in [-0.15, -0.1) is 0 Å². The highest BCUT2D eigenvalue weighted by Gasteiger charge is 2.10. The van der Waals surface area contributed by atoms with Gasteiger partial charge in [0.2, 0.25) is 11.9 Å². The van der Waals surface area contributed by atoms with Gasteiger partial charge in [0.25, 0.3) is 5.91 Å². The van der Waals surface area contributed by atoms with Crippen LogP contribution in [0.15, 0.2) is 30.3 Å². The van der Waals surface area contributed by atoms with Crippen molar-refractivity contribution in [1.29, 1.82) is 5.41 Å². The Morgan fingerprint density at radius 2 is 1.78 bits per heavy atom. The lowest BCUT2D eigenvalue weighted by Crippen LogP contribution is -2.45. The van der Waals surface area contributed by atoms with Crippen molar-refractivity contribution < 1.29 is 9.59 Å². The van der Waals surface area contributed by atoms with Gasteiger partial charge in [-0.05, 0) is 26.2 Å². The summed E-state index contributed by atoms with van der Waals surface area (Å²) in [5, 5.41) is 12.0. The van der Waals surface area contributed by atoms with Crippen molar-refractivity contribution in [3.63, 3.8) is 0 Å². The Morgan fingerprint density at radius 3 is 2.33 bits per heavy atom. The summed E-state index contributed by atoms with van der Waals surface area (Å²) in [5.41, 5.74) is 0.434. The van der Waals surface area contributed by atoms with Gasteiger partial charge < -0.3 is 4.90 Å². The van der Waals surface area contributed by atoms with Crippen molar-refractivity contribution in [2.75, 3.05) is 20.6 Å². The van der Waals surface area contributed by atoms with Gasteiger partial charge in [-0.1, -0.05) is 18.2 Å². The first-order valence-electron chi connectivity index (χ1n) is 5.38. The molecule has 2 amide bonds. The van der Waals surface area contributed by atoms with E-state index in [-0.39, 0.29) is 18.4 Å². The zero-order valence-electron chi connectivity index (χ0n) is 10.4. The number of nitrogens with one attached hydrogen (secondary N) is 3. The van der Waals surface area contributed by atoms with E-state index in [1.54, 1.807) is 49.3 Å². The molecule has 0 saturated heterocycles. The predicted molar refractivity (Wildman–Crippen MR) is 68.3 cm³/mol. The fourth-order valence-electron chi connectivity index (χ4n) is 1.27. The zero-order chi connectivity index (χ0) is 13.5. The number of carbonyl (C=O) groups is 2. The van der Waals surface area contributed by atoms with E-state index in [9.17, 15) is 9.59 Å². The molecule has 3 N–H and O–H groups in total. The third kappa shape index (κ3) is 4.75. The summed E-state index contributed by atoms with van der Waals surface area (Å²) in [5.74, 6) is -1.10. The van der Waals surface area contributed by atoms with Crippen LogP contribution in [0.4, 0.5) is 0 Å². The Labute approximate surface area is 105 Å². The Morgan fingerprint density at radius 1 is 1.17 bits per heavy atom. The molecule has 0 unspecified atom stereocenters. The van der Waals surface area contributed by atoms with Crippen LogP contribution in [-0.2, 0) is 4.79 Å². The summed E-state index contributed by atoms with van der Waals surface area (Å²) >= 11 is 0. The molecule has 0 fully saturated rings. The minimum Gasteiger partial charge on any atom is -0.301 e. The second kappa shape index (κ2) is 6.51. The molecule has 0 radical (unpaired) electrons. The Balaban J connectivity index is 2.46. The average Bonchev–Trinajstić information content (AvgIpc) is 2.28. The smallest absolute Gasteiger partial charge is 0.257 e. The van der Waals surface area contributed by atoms with Crippen molar-refractivity contribution in [1.82, 2.24) is 15.5 Å². The summed E-state index contributed by atoms with van der Waals surface area (Å²) in [4.78, 5) is 24.7. The third-order valence-electron chi connectivity index (χ3n) is 2.00. The van der Waals surface area contributed by atoms with Crippen molar-refractivity contribution in [3.8, 4) is 0 Å². The standard InChI is InChI=1S/C12H16N4O2/c1-16(2)8-10(17)14-12(13)15-11(18)9-6-4-3-5-7-9/h3-7H,8H2,1-2H3,(H3,13,14,15,17,18). The normalized spacial score (nSPS) is 9.94. The average molecular weight is 248 g/mol. The Bertz CT molecular complexity index is 443. The summed E-state index contributed by atoms with van der Waals surface area (Å²) in [6.45, 7) is 0.156. The number of guanidine groups is 1. The quantitative estimate of drug-likeness (QED) is 0.521. The lowest BCUT2D eigenvalue weighted by Gasteiger charge is -2.11. The molecule has 0 heterocycles. The number of hydrogen-bond donors (Lipinski definition) is 3. The van der Waals surface area contributed by atoms with Crippen LogP contribution in [0.25, 0.3) is 0 Å². The molecule has 1 rings (SSSR count). The van der Waals surface area contributed by atoms with E-state index >= 15 is 0 Å². The number of amides is 2. The molecule has 0 aliphatic heterocycles. The van der Waals surface area contributed by atoms with Gasteiger partial charge in [-0.3, -0.25) is 25.6 Å². The molecule has 0 bridgehead atoms. The third-order valence-corrected chi connectivity index (χ3v) is 2.00. The van der Waals surface area contributed by atoms with Gasteiger partial charge in [-0.2, -0.15) is 0 Å². The van der Waals surface area contributed by atoms with E-state index in [4.69, 9.17) is 5.41 Å². The number of carbonyl (C=O) groups excluding carboxylic acids is 2. The highest BCUT2D eigenvalue weighted by Crippen LogP contribution is 1.97. The topological polar surface area (TPSA) is 85.3 Å². The Hall–Kier alpha value is -2.21. The van der Waals surface area contributed by atoms with Gasteiger partial charge in [0.1, 0.15) is 0 Å². The number of hydrogen-bond acceptors (Lipinski definition) is 4. The highest BCUT2D eigenvalue weighted by molar-refractivity contribution is 6.08. The molecular weight excluding hydrogens is 232 g/mol. The molecule has 96 valence electrons. The largest absolute Gasteiger partial charge is 0.301 e. The first-order valence-corrected chi connectivity index (χ1v) is 5.38. The Kier molecular flexibility index (Phi) is 5.01. The lowest BCUT2D eigenvalue weighted by atomic mass is 10.2. The summed E-state index contributed by atoms with van der Waals surface area (Å²) < 4.78 is 0. The molecule has 0 aliphatic carbocycles. The molecule has 0 saturated carbocycles. The van der Waals surface area contributed by atoms with E-state index in [0.29, 0.717) is 5.56 Å². The predicted octanol–water partition coefficient (Wildman–Crippen LogP) is 0.0290. The van der Waals surface area contributed by atoms with Gasteiger partial charge in [0, 0.05) is 5.56 Å². The molecule has 0 atom stereocenters. The van der Waals surface area contributed by atoms with Crippen LogP contribution in [0.5, 0.6) is 0 Å². The maximum Gasteiger partial charge on any atom is 0.257 e. The molecule has 0 aliphatic rings. The number of nitrogens with zero attached hydrogens (tertiary/aromatic N) is 1. The van der Waals surface area contributed by atoms with Crippen LogP contribution in [0.2, 0.25) is 0 Å². The number of rotatable bonds is 3. The van der Waals surface area contributed by atoms with Crippen LogP contribution < -0.4 is 10.6 Å². The first kappa shape index (κ1) is 13.9. The van der Waals surface area contributed by atoms with Crippen molar-refractivity contribution in [2.24, 2.45) is 0 Å². The van der Waals surface area contributed by atoms with E-state index < -0.39 is 5.91 Å². The molecule has 1 aromatic rings. The van der Waals surface area contributed by atoms with Crippen LogP contribution in [0, 0.1) is 5.41 Å². The summed E-state index contributed by atoms with van der Waals surface area (Å²) in [6, 6.07) is 8.50. The summed E-state index contributed by atoms with van der Waals surface area (Å²) in [6.07, 6.45) is 0. The van der Waals surface area contributed by atoms with Gasteiger partial charge in [-0.25, -0.2) is 0 Å². The lowest BCUT2D eigenvalue weighted by molar-refractivity contribution is -0.120. The molecular formula is C12H16N4O2. The minimum atomic E-state index is -0.425. The summed E-state index contributed by atoms with van der Waals surface area (Å²) in [7, 11) is 3.48. The van der Waals surface area contributed by atoms with E-state index in [0.717, 1.165) is 0 Å². The fourth-order valence-corrected chi connectivity index (χ4v) is 1.27. The van der Waals surface area contributed by atoms with Gasteiger partial charge in [0.05, 0.1) is 6.54 Å². The molecule has 6 nitrogen and oxygen atoms in total.